The number of fused-ring (bicyclic) bond motifs is 1. The van der Waals surface area contributed by atoms with E-state index in [1.807, 2.05) is 29.3 Å². The summed E-state index contributed by atoms with van der Waals surface area (Å²) < 4.78 is 7.12. The van der Waals surface area contributed by atoms with Crippen LogP contribution in [-0.2, 0) is 9.53 Å². The van der Waals surface area contributed by atoms with Crippen LogP contribution in [0.2, 0.25) is 0 Å². The van der Waals surface area contributed by atoms with E-state index in [1.54, 1.807) is 7.11 Å². The summed E-state index contributed by atoms with van der Waals surface area (Å²) in [4.78, 5) is 19.0. The van der Waals surface area contributed by atoms with Gasteiger partial charge in [0.15, 0.2) is 0 Å². The molecule has 1 aliphatic rings. The Kier molecular flexibility index (Phi) is 4.99. The van der Waals surface area contributed by atoms with Crippen molar-refractivity contribution in [2.24, 2.45) is 0 Å². The van der Waals surface area contributed by atoms with Gasteiger partial charge in [-0.2, -0.15) is 0 Å². The lowest BCUT2D eigenvalue weighted by Crippen LogP contribution is -2.41. The molecule has 1 amide bonds. The molecule has 0 saturated carbocycles. The summed E-state index contributed by atoms with van der Waals surface area (Å²) in [6, 6.07) is 6.04. The number of nitrogens with zero attached hydrogens (tertiary/aromatic N) is 3. The topological polar surface area (TPSA) is 58.9 Å². The lowest BCUT2D eigenvalue weighted by atomic mass is 9.94. The van der Waals surface area contributed by atoms with Gasteiger partial charge in [0.05, 0.1) is 5.69 Å². The van der Waals surface area contributed by atoms with Gasteiger partial charge in [-0.15, -0.1) is 0 Å². The van der Waals surface area contributed by atoms with Crippen molar-refractivity contribution in [3.63, 3.8) is 0 Å². The number of hydrogen-bond acceptors (Lipinski definition) is 4. The first-order valence-electron chi connectivity index (χ1n) is 8.91. The highest BCUT2D eigenvalue weighted by Gasteiger charge is 2.30. The average Bonchev–Trinajstić information content (AvgIpc) is 2.92. The predicted molar refractivity (Wildman–Crippen MR) is 99.0 cm³/mol. The zero-order valence-corrected chi connectivity index (χ0v) is 15.6. The molecule has 2 aromatic heterocycles. The smallest absolute Gasteiger partial charge is 0.248 e. The molecule has 25 heavy (non-hydrogen) atoms. The van der Waals surface area contributed by atoms with Crippen LogP contribution in [0.25, 0.3) is 5.65 Å². The molecule has 6 nitrogen and oxygen atoms in total. The van der Waals surface area contributed by atoms with Gasteiger partial charge >= 0.3 is 0 Å². The Bertz CT molecular complexity index is 747. The minimum atomic E-state index is -0.0687. The number of imidazole rings is 1. The number of ether oxygens (including phenoxy) is 1. The Hall–Kier alpha value is -2.08. The second-order valence-corrected chi connectivity index (χ2v) is 7.76. The van der Waals surface area contributed by atoms with Crippen LogP contribution in [0.3, 0.4) is 0 Å². The molecule has 6 heteroatoms. The summed E-state index contributed by atoms with van der Waals surface area (Å²) in [6.45, 7) is 8.08. The van der Waals surface area contributed by atoms with Gasteiger partial charge in [-0.25, -0.2) is 4.98 Å². The van der Waals surface area contributed by atoms with Crippen molar-refractivity contribution in [3.8, 4) is 0 Å². The minimum Gasteiger partial charge on any atom is -0.375 e. The fourth-order valence-electron chi connectivity index (χ4n) is 3.42. The van der Waals surface area contributed by atoms with E-state index in [-0.39, 0.29) is 24.0 Å². The lowest BCUT2D eigenvalue weighted by Gasteiger charge is -2.33. The van der Waals surface area contributed by atoms with Crippen molar-refractivity contribution in [2.45, 2.75) is 45.1 Å². The summed E-state index contributed by atoms with van der Waals surface area (Å²) in [7, 11) is 1.56. The minimum absolute atomic E-state index is 0.0568. The Morgan fingerprint density at radius 2 is 2.20 bits per heavy atom. The van der Waals surface area contributed by atoms with Gasteiger partial charge in [0.25, 0.3) is 0 Å². The summed E-state index contributed by atoms with van der Waals surface area (Å²) in [5.41, 5.74) is 1.92. The molecule has 0 aliphatic carbocycles. The number of piperidine rings is 1. The van der Waals surface area contributed by atoms with Crippen molar-refractivity contribution < 1.29 is 9.53 Å². The van der Waals surface area contributed by atoms with Crippen LogP contribution in [0, 0.1) is 0 Å². The van der Waals surface area contributed by atoms with E-state index in [2.05, 4.69) is 30.5 Å². The molecule has 1 N–H and O–H groups in total. The van der Waals surface area contributed by atoms with E-state index in [9.17, 15) is 4.79 Å². The molecule has 136 valence electrons. The molecule has 0 spiro atoms. The summed E-state index contributed by atoms with van der Waals surface area (Å²) >= 11 is 0. The number of methoxy groups -OCH3 is 1. The standard InChI is InChI=1S/C19H28N4O2/c1-19(2,3)21-18-17(20-15-9-5-6-11-23(15)18)14-8-7-10-22(12-14)16(24)13-25-4/h5-6,9,11,14,21H,7-8,10,12-13H2,1-4H3. The monoisotopic (exact) mass is 344 g/mol. The van der Waals surface area contributed by atoms with Gasteiger partial charge in [0.2, 0.25) is 5.91 Å². The third-order valence-electron chi connectivity index (χ3n) is 4.48. The fourth-order valence-corrected chi connectivity index (χ4v) is 3.42. The Morgan fingerprint density at radius 3 is 2.92 bits per heavy atom. The van der Waals surface area contributed by atoms with Crippen LogP contribution in [0.15, 0.2) is 24.4 Å². The number of pyridine rings is 1. The summed E-state index contributed by atoms with van der Waals surface area (Å²) in [5.74, 6) is 1.33. The van der Waals surface area contributed by atoms with E-state index in [4.69, 9.17) is 9.72 Å². The van der Waals surface area contributed by atoms with Crippen molar-refractivity contribution in [1.29, 1.82) is 0 Å². The average molecular weight is 344 g/mol. The van der Waals surface area contributed by atoms with Gasteiger partial charge in [0, 0.05) is 37.9 Å². The zero-order valence-electron chi connectivity index (χ0n) is 15.6. The number of rotatable bonds is 4. The molecular weight excluding hydrogens is 316 g/mol. The molecule has 1 aliphatic heterocycles. The third-order valence-corrected chi connectivity index (χ3v) is 4.48. The molecule has 3 rings (SSSR count). The maximum Gasteiger partial charge on any atom is 0.248 e. The van der Waals surface area contributed by atoms with Crippen LogP contribution in [0.4, 0.5) is 5.82 Å². The first-order valence-corrected chi connectivity index (χ1v) is 8.91. The highest BCUT2D eigenvalue weighted by atomic mass is 16.5. The maximum atomic E-state index is 12.2. The van der Waals surface area contributed by atoms with Crippen molar-refractivity contribution in [3.05, 3.63) is 30.1 Å². The van der Waals surface area contributed by atoms with E-state index in [0.717, 1.165) is 36.5 Å². The number of anilines is 1. The van der Waals surface area contributed by atoms with Gasteiger partial charge in [-0.05, 0) is 45.7 Å². The molecule has 0 aromatic carbocycles. The third kappa shape index (κ3) is 3.95. The lowest BCUT2D eigenvalue weighted by molar-refractivity contribution is -0.136. The highest BCUT2D eigenvalue weighted by molar-refractivity contribution is 5.77. The van der Waals surface area contributed by atoms with Gasteiger partial charge in [0.1, 0.15) is 18.1 Å². The number of carbonyl (C=O) groups excluding carboxylic acids is 1. The maximum absolute atomic E-state index is 12.2. The molecule has 1 saturated heterocycles. The SMILES string of the molecule is COCC(=O)N1CCCC(c2nc3ccccn3c2NC(C)(C)C)C1. The number of amides is 1. The molecule has 1 atom stereocenters. The normalized spacial score (nSPS) is 18.6. The highest BCUT2D eigenvalue weighted by Crippen LogP contribution is 2.33. The summed E-state index contributed by atoms with van der Waals surface area (Å²) in [6.07, 6.45) is 4.07. The predicted octanol–water partition coefficient (Wildman–Crippen LogP) is 2.90. The van der Waals surface area contributed by atoms with E-state index >= 15 is 0 Å². The second-order valence-electron chi connectivity index (χ2n) is 7.76. The molecule has 0 bridgehead atoms. The number of nitrogens with one attached hydrogen (secondary N) is 1. The van der Waals surface area contributed by atoms with Crippen LogP contribution < -0.4 is 5.32 Å². The summed E-state index contributed by atoms with van der Waals surface area (Å²) in [5, 5.41) is 3.61. The van der Waals surface area contributed by atoms with Crippen molar-refractivity contribution in [1.82, 2.24) is 14.3 Å². The van der Waals surface area contributed by atoms with Crippen LogP contribution >= 0.6 is 0 Å². The van der Waals surface area contributed by atoms with E-state index < -0.39 is 0 Å². The molecule has 1 fully saturated rings. The van der Waals surface area contributed by atoms with Crippen molar-refractivity contribution in [2.75, 3.05) is 32.1 Å². The molecule has 3 heterocycles. The van der Waals surface area contributed by atoms with Crippen LogP contribution in [-0.4, -0.2) is 52.5 Å². The molecule has 1 unspecified atom stereocenters. The van der Waals surface area contributed by atoms with Gasteiger partial charge < -0.3 is 15.0 Å². The Balaban J connectivity index is 1.94. The Morgan fingerprint density at radius 1 is 1.40 bits per heavy atom. The van der Waals surface area contributed by atoms with Crippen molar-refractivity contribution >= 4 is 17.4 Å². The second kappa shape index (κ2) is 7.04. The van der Waals surface area contributed by atoms with E-state index in [0.29, 0.717) is 6.54 Å². The first-order chi connectivity index (χ1) is 11.9. The van der Waals surface area contributed by atoms with Crippen LogP contribution in [0.1, 0.15) is 45.2 Å². The zero-order chi connectivity index (χ0) is 18.0. The first kappa shape index (κ1) is 17.7. The molecule has 0 radical (unpaired) electrons. The number of likely N-dealkylation sites (tertiary alicyclic amines) is 1. The number of carbonyl (C=O) groups is 1. The Labute approximate surface area is 149 Å². The quantitative estimate of drug-likeness (QED) is 0.926. The largest absolute Gasteiger partial charge is 0.375 e. The molecular formula is C19H28N4O2. The van der Waals surface area contributed by atoms with Gasteiger partial charge in [-0.3, -0.25) is 9.20 Å². The number of hydrogen-bond donors (Lipinski definition) is 1. The van der Waals surface area contributed by atoms with E-state index in [1.165, 1.54) is 0 Å². The molecule has 2 aromatic rings. The van der Waals surface area contributed by atoms with Crippen LogP contribution in [0.5, 0.6) is 0 Å². The number of aromatic nitrogens is 2. The fraction of sp³-hybridized carbons (Fsp3) is 0.579. The van der Waals surface area contributed by atoms with Gasteiger partial charge in [-0.1, -0.05) is 6.07 Å².